The quantitative estimate of drug-likeness (QED) is 0.686. The standard InChI is InChI=1S/C12H16OSi/c1-14(2,13)12-9-5-8-11(12)10-6-3-4-7-10/h3,5-7,9,13H,4,8H2,1-2H3. The zero-order valence-corrected chi connectivity index (χ0v) is 9.75. The molecule has 2 aliphatic rings. The third-order valence-electron chi connectivity index (χ3n) is 2.71. The highest BCUT2D eigenvalue weighted by Crippen LogP contribution is 2.33. The Kier molecular flexibility index (Phi) is 2.33. The molecule has 0 radical (unpaired) electrons. The summed E-state index contributed by atoms with van der Waals surface area (Å²) in [5, 5.41) is 1.20. The molecule has 14 heavy (non-hydrogen) atoms. The third-order valence-corrected chi connectivity index (χ3v) is 4.50. The van der Waals surface area contributed by atoms with E-state index in [9.17, 15) is 4.80 Å². The van der Waals surface area contributed by atoms with E-state index in [1.165, 1.54) is 16.3 Å². The molecule has 0 spiro atoms. The molecule has 74 valence electrons. The van der Waals surface area contributed by atoms with E-state index in [4.69, 9.17) is 0 Å². The van der Waals surface area contributed by atoms with Gasteiger partial charge in [0.1, 0.15) is 0 Å². The van der Waals surface area contributed by atoms with Gasteiger partial charge in [-0.1, -0.05) is 30.4 Å². The fraction of sp³-hybridized carbons (Fsp3) is 0.333. The predicted octanol–water partition coefficient (Wildman–Crippen LogP) is 2.87. The second-order valence-electron chi connectivity index (χ2n) is 4.36. The molecular weight excluding hydrogens is 188 g/mol. The van der Waals surface area contributed by atoms with Gasteiger partial charge in [0, 0.05) is 0 Å². The van der Waals surface area contributed by atoms with Crippen molar-refractivity contribution in [3.8, 4) is 0 Å². The molecule has 0 aromatic rings. The number of hydrogen-bond acceptors (Lipinski definition) is 1. The normalized spacial score (nSPS) is 20.9. The summed E-state index contributed by atoms with van der Waals surface area (Å²) in [6, 6.07) is 0. The van der Waals surface area contributed by atoms with Crippen molar-refractivity contribution >= 4 is 8.32 Å². The summed E-state index contributed by atoms with van der Waals surface area (Å²) >= 11 is 0. The van der Waals surface area contributed by atoms with Crippen molar-refractivity contribution in [1.82, 2.24) is 0 Å². The summed E-state index contributed by atoms with van der Waals surface area (Å²) < 4.78 is 0. The maximum absolute atomic E-state index is 10.1. The van der Waals surface area contributed by atoms with Crippen LogP contribution in [0.5, 0.6) is 0 Å². The van der Waals surface area contributed by atoms with Crippen molar-refractivity contribution in [2.24, 2.45) is 0 Å². The summed E-state index contributed by atoms with van der Waals surface area (Å²) in [6.07, 6.45) is 12.9. The molecule has 0 unspecified atom stereocenters. The summed E-state index contributed by atoms with van der Waals surface area (Å²) in [6.45, 7) is 3.97. The fourth-order valence-electron chi connectivity index (χ4n) is 2.03. The van der Waals surface area contributed by atoms with E-state index in [-0.39, 0.29) is 0 Å². The molecule has 1 N–H and O–H groups in total. The first-order valence-electron chi connectivity index (χ1n) is 5.08. The molecule has 0 saturated carbocycles. The van der Waals surface area contributed by atoms with Gasteiger partial charge >= 0.3 is 0 Å². The zero-order valence-electron chi connectivity index (χ0n) is 8.75. The second kappa shape index (κ2) is 3.37. The molecule has 0 aliphatic heterocycles. The predicted molar refractivity (Wildman–Crippen MR) is 62.3 cm³/mol. The maximum atomic E-state index is 10.1. The Morgan fingerprint density at radius 1 is 1.21 bits per heavy atom. The largest absolute Gasteiger partial charge is 0.428 e. The van der Waals surface area contributed by atoms with Gasteiger partial charge in [-0.25, -0.2) is 0 Å². The third kappa shape index (κ3) is 1.68. The van der Waals surface area contributed by atoms with Crippen molar-refractivity contribution in [3.63, 3.8) is 0 Å². The van der Waals surface area contributed by atoms with E-state index in [1.54, 1.807) is 0 Å². The lowest BCUT2D eigenvalue weighted by Gasteiger charge is -2.17. The average molecular weight is 204 g/mol. The van der Waals surface area contributed by atoms with Crippen molar-refractivity contribution in [1.29, 1.82) is 0 Å². The van der Waals surface area contributed by atoms with Crippen LogP contribution in [-0.4, -0.2) is 13.1 Å². The lowest BCUT2D eigenvalue weighted by atomic mass is 10.1. The minimum Gasteiger partial charge on any atom is -0.428 e. The number of rotatable bonds is 2. The van der Waals surface area contributed by atoms with Crippen LogP contribution in [0.2, 0.25) is 13.1 Å². The molecule has 0 fully saturated rings. The molecule has 0 aromatic heterocycles. The Morgan fingerprint density at radius 3 is 2.57 bits per heavy atom. The first-order valence-corrected chi connectivity index (χ1v) is 8.03. The highest BCUT2D eigenvalue weighted by atomic mass is 28.4. The van der Waals surface area contributed by atoms with Crippen LogP contribution in [0.25, 0.3) is 0 Å². The second-order valence-corrected chi connectivity index (χ2v) is 8.01. The van der Waals surface area contributed by atoms with Crippen molar-refractivity contribution < 1.29 is 4.80 Å². The summed E-state index contributed by atoms with van der Waals surface area (Å²) in [5.41, 5.74) is 2.66. The highest BCUT2D eigenvalue weighted by Gasteiger charge is 2.27. The minimum absolute atomic E-state index is 0.989. The maximum Gasteiger partial charge on any atom is 0.214 e. The van der Waals surface area contributed by atoms with Gasteiger partial charge in [-0.3, -0.25) is 0 Å². The van der Waals surface area contributed by atoms with Crippen LogP contribution >= 0.6 is 0 Å². The van der Waals surface area contributed by atoms with Gasteiger partial charge in [-0.05, 0) is 42.3 Å². The molecule has 0 saturated heterocycles. The molecule has 0 amide bonds. The highest BCUT2D eigenvalue weighted by molar-refractivity contribution is 6.78. The molecule has 1 nitrogen and oxygen atoms in total. The summed E-state index contributed by atoms with van der Waals surface area (Å²) in [4.78, 5) is 10.1. The van der Waals surface area contributed by atoms with Gasteiger partial charge in [0.15, 0.2) is 0 Å². The van der Waals surface area contributed by atoms with Gasteiger partial charge in [-0.2, -0.15) is 0 Å². The van der Waals surface area contributed by atoms with Gasteiger partial charge < -0.3 is 4.80 Å². The molecule has 0 aromatic carbocycles. The lowest BCUT2D eigenvalue weighted by Crippen LogP contribution is -2.28. The molecule has 0 atom stereocenters. The number of hydrogen-bond donors (Lipinski definition) is 1. The van der Waals surface area contributed by atoms with E-state index in [0.717, 1.165) is 12.8 Å². The monoisotopic (exact) mass is 204 g/mol. The SMILES string of the molecule is C[Si](C)(O)C1=C(C2=CCC=C2)CC=C1. The fourth-order valence-corrected chi connectivity index (χ4v) is 3.54. The lowest BCUT2D eigenvalue weighted by molar-refractivity contribution is 0.563. The van der Waals surface area contributed by atoms with E-state index in [0.29, 0.717) is 0 Å². The smallest absolute Gasteiger partial charge is 0.214 e. The Bertz CT molecular complexity index is 364. The first-order chi connectivity index (χ1) is 6.59. The zero-order chi connectivity index (χ0) is 10.2. The van der Waals surface area contributed by atoms with Crippen LogP contribution in [0.1, 0.15) is 12.8 Å². The minimum atomic E-state index is -2.14. The van der Waals surface area contributed by atoms with E-state index < -0.39 is 8.32 Å². The number of allylic oxidation sites excluding steroid dienone is 8. The first kappa shape index (κ1) is 9.68. The van der Waals surface area contributed by atoms with Crippen LogP contribution < -0.4 is 0 Å². The molecule has 0 bridgehead atoms. The molecule has 2 aliphatic carbocycles. The Balaban J connectivity index is 2.39. The molecule has 2 heteroatoms. The van der Waals surface area contributed by atoms with E-state index >= 15 is 0 Å². The van der Waals surface area contributed by atoms with Gasteiger partial charge in [0.05, 0.1) is 0 Å². The Morgan fingerprint density at radius 2 is 2.00 bits per heavy atom. The van der Waals surface area contributed by atoms with Crippen LogP contribution in [0.4, 0.5) is 0 Å². The molecule has 0 heterocycles. The van der Waals surface area contributed by atoms with Gasteiger partial charge in [-0.15, -0.1) is 0 Å². The van der Waals surface area contributed by atoms with E-state index in [1.807, 2.05) is 13.1 Å². The average Bonchev–Trinajstić information content (AvgIpc) is 2.73. The van der Waals surface area contributed by atoms with Gasteiger partial charge in [0.2, 0.25) is 8.32 Å². The summed E-state index contributed by atoms with van der Waals surface area (Å²) in [7, 11) is -2.14. The van der Waals surface area contributed by atoms with Gasteiger partial charge in [0.25, 0.3) is 0 Å². The Hall–Kier alpha value is -0.863. The molecular formula is C12H16OSi. The van der Waals surface area contributed by atoms with Crippen LogP contribution in [0.3, 0.4) is 0 Å². The van der Waals surface area contributed by atoms with Crippen LogP contribution in [0, 0.1) is 0 Å². The van der Waals surface area contributed by atoms with Crippen LogP contribution in [0.15, 0.2) is 46.7 Å². The van der Waals surface area contributed by atoms with Crippen molar-refractivity contribution in [2.45, 2.75) is 25.9 Å². The Labute approximate surface area is 86.3 Å². The topological polar surface area (TPSA) is 20.2 Å². The summed E-state index contributed by atoms with van der Waals surface area (Å²) in [5.74, 6) is 0. The van der Waals surface area contributed by atoms with Crippen molar-refractivity contribution in [3.05, 3.63) is 46.7 Å². The van der Waals surface area contributed by atoms with Crippen molar-refractivity contribution in [2.75, 3.05) is 0 Å². The van der Waals surface area contributed by atoms with Crippen LogP contribution in [-0.2, 0) is 0 Å². The van der Waals surface area contributed by atoms with E-state index in [2.05, 4.69) is 30.4 Å². The molecule has 2 rings (SSSR count).